The monoisotopic (exact) mass is 260 g/mol. The number of rotatable bonds is 2. The quantitative estimate of drug-likeness (QED) is 0.876. The van der Waals surface area contributed by atoms with Crippen LogP contribution in [0.25, 0.3) is 5.65 Å². The van der Waals surface area contributed by atoms with E-state index in [2.05, 4.69) is 20.1 Å². The van der Waals surface area contributed by atoms with Crippen LogP contribution in [0.15, 0.2) is 12.4 Å². The fraction of sp³-hybridized carbons (Fsp3) is 0.615. The average Bonchev–Trinajstić information content (AvgIpc) is 2.68. The first-order valence-corrected chi connectivity index (χ1v) is 6.94. The molecular formula is C13H20N6. The van der Waals surface area contributed by atoms with Crippen LogP contribution in [0.2, 0.25) is 0 Å². The van der Waals surface area contributed by atoms with Crippen LogP contribution >= 0.6 is 0 Å². The van der Waals surface area contributed by atoms with E-state index in [1.165, 1.54) is 19.3 Å². The van der Waals surface area contributed by atoms with Crippen molar-refractivity contribution in [2.45, 2.75) is 38.6 Å². The molecule has 3 rings (SSSR count). The lowest BCUT2D eigenvalue weighted by molar-refractivity contribution is 0.576. The summed E-state index contributed by atoms with van der Waals surface area (Å²) in [5.74, 6) is 1.80. The number of nitrogens with zero attached hydrogens (tertiary/aromatic N) is 5. The van der Waals surface area contributed by atoms with Crippen molar-refractivity contribution in [2.75, 3.05) is 18.0 Å². The van der Waals surface area contributed by atoms with E-state index < -0.39 is 0 Å². The van der Waals surface area contributed by atoms with E-state index in [1.807, 2.05) is 23.7 Å². The SMILES string of the molecule is Cc1nnc2c(N3CCCCCC3CN)nccn12. The van der Waals surface area contributed by atoms with E-state index in [0.717, 1.165) is 30.3 Å². The van der Waals surface area contributed by atoms with Gasteiger partial charge in [0.1, 0.15) is 5.82 Å². The van der Waals surface area contributed by atoms with Gasteiger partial charge in [-0.1, -0.05) is 12.8 Å². The molecule has 1 unspecified atom stereocenters. The van der Waals surface area contributed by atoms with Crippen molar-refractivity contribution in [2.24, 2.45) is 5.73 Å². The lowest BCUT2D eigenvalue weighted by Gasteiger charge is -2.30. The summed E-state index contributed by atoms with van der Waals surface area (Å²) in [6.45, 7) is 3.61. The smallest absolute Gasteiger partial charge is 0.203 e. The van der Waals surface area contributed by atoms with Gasteiger partial charge in [-0.2, -0.15) is 0 Å². The number of nitrogens with two attached hydrogens (primary N) is 1. The minimum atomic E-state index is 0.359. The highest BCUT2D eigenvalue weighted by Crippen LogP contribution is 2.25. The summed E-state index contributed by atoms with van der Waals surface area (Å²) in [4.78, 5) is 6.85. The van der Waals surface area contributed by atoms with Gasteiger partial charge in [0.15, 0.2) is 5.82 Å². The lowest BCUT2D eigenvalue weighted by Crippen LogP contribution is -2.41. The third-order valence-corrected chi connectivity index (χ3v) is 3.90. The Kier molecular flexibility index (Phi) is 3.33. The molecule has 2 aromatic heterocycles. The topological polar surface area (TPSA) is 72.3 Å². The van der Waals surface area contributed by atoms with Crippen LogP contribution in [0.1, 0.15) is 31.5 Å². The molecule has 6 heteroatoms. The average molecular weight is 260 g/mol. The highest BCUT2D eigenvalue weighted by Gasteiger charge is 2.23. The summed E-state index contributed by atoms with van der Waals surface area (Å²) < 4.78 is 1.99. The second kappa shape index (κ2) is 5.13. The molecule has 2 aromatic rings. The third-order valence-electron chi connectivity index (χ3n) is 3.90. The normalized spacial score (nSPS) is 20.7. The van der Waals surface area contributed by atoms with Crippen molar-refractivity contribution in [3.05, 3.63) is 18.2 Å². The first kappa shape index (κ1) is 12.3. The zero-order valence-corrected chi connectivity index (χ0v) is 11.3. The van der Waals surface area contributed by atoms with Gasteiger partial charge in [0, 0.05) is 31.5 Å². The Bertz CT molecular complexity index is 563. The van der Waals surface area contributed by atoms with Gasteiger partial charge in [-0.15, -0.1) is 10.2 Å². The van der Waals surface area contributed by atoms with E-state index in [1.54, 1.807) is 0 Å². The van der Waals surface area contributed by atoms with Crippen molar-refractivity contribution in [3.63, 3.8) is 0 Å². The molecule has 1 atom stereocenters. The second-order valence-corrected chi connectivity index (χ2v) is 5.12. The number of hydrogen-bond donors (Lipinski definition) is 1. The predicted octanol–water partition coefficient (Wildman–Crippen LogP) is 1.14. The molecule has 1 saturated heterocycles. The molecule has 1 aliphatic heterocycles. The Labute approximate surface area is 112 Å². The molecule has 0 radical (unpaired) electrons. The van der Waals surface area contributed by atoms with Crippen LogP contribution in [-0.4, -0.2) is 38.7 Å². The van der Waals surface area contributed by atoms with Gasteiger partial charge in [-0.05, 0) is 19.8 Å². The molecule has 102 valence electrons. The van der Waals surface area contributed by atoms with Crippen molar-refractivity contribution in [3.8, 4) is 0 Å². The Morgan fingerprint density at radius 1 is 1.32 bits per heavy atom. The molecule has 0 aliphatic carbocycles. The largest absolute Gasteiger partial charge is 0.349 e. The highest BCUT2D eigenvalue weighted by molar-refractivity contribution is 5.64. The van der Waals surface area contributed by atoms with Crippen molar-refractivity contribution in [1.82, 2.24) is 19.6 Å². The summed E-state index contributed by atoms with van der Waals surface area (Å²) in [7, 11) is 0. The maximum atomic E-state index is 5.94. The number of aromatic nitrogens is 4. The standard InChI is InChI=1S/C13H20N6/c1-10-16-17-13-12(15-6-8-18(10)13)19-7-4-2-3-5-11(19)9-14/h6,8,11H,2-5,7,9,14H2,1H3. The Hall–Kier alpha value is -1.69. The van der Waals surface area contributed by atoms with E-state index in [-0.39, 0.29) is 0 Å². The van der Waals surface area contributed by atoms with Gasteiger partial charge >= 0.3 is 0 Å². The molecule has 19 heavy (non-hydrogen) atoms. The number of hydrogen-bond acceptors (Lipinski definition) is 5. The lowest BCUT2D eigenvalue weighted by atomic mass is 10.1. The maximum Gasteiger partial charge on any atom is 0.203 e. The van der Waals surface area contributed by atoms with Crippen molar-refractivity contribution < 1.29 is 0 Å². The zero-order valence-electron chi connectivity index (χ0n) is 11.3. The summed E-state index contributed by atoms with van der Waals surface area (Å²) >= 11 is 0. The van der Waals surface area contributed by atoms with Crippen LogP contribution in [0.5, 0.6) is 0 Å². The van der Waals surface area contributed by atoms with Crippen LogP contribution in [0.4, 0.5) is 5.82 Å². The van der Waals surface area contributed by atoms with Crippen LogP contribution in [0.3, 0.4) is 0 Å². The van der Waals surface area contributed by atoms with Gasteiger partial charge in [-0.3, -0.25) is 4.40 Å². The van der Waals surface area contributed by atoms with Gasteiger partial charge in [-0.25, -0.2) is 4.98 Å². The molecule has 0 saturated carbocycles. The van der Waals surface area contributed by atoms with Crippen LogP contribution < -0.4 is 10.6 Å². The van der Waals surface area contributed by atoms with Crippen LogP contribution in [0, 0.1) is 6.92 Å². The molecule has 0 amide bonds. The van der Waals surface area contributed by atoms with E-state index in [0.29, 0.717) is 12.6 Å². The highest BCUT2D eigenvalue weighted by atomic mass is 15.3. The van der Waals surface area contributed by atoms with E-state index >= 15 is 0 Å². The Morgan fingerprint density at radius 2 is 2.21 bits per heavy atom. The molecule has 0 bridgehead atoms. The van der Waals surface area contributed by atoms with Gasteiger partial charge < -0.3 is 10.6 Å². The zero-order chi connectivity index (χ0) is 13.2. The number of fused-ring (bicyclic) bond motifs is 1. The van der Waals surface area contributed by atoms with Gasteiger partial charge in [0.25, 0.3) is 0 Å². The minimum Gasteiger partial charge on any atom is -0.349 e. The van der Waals surface area contributed by atoms with E-state index in [4.69, 9.17) is 5.73 Å². The Morgan fingerprint density at radius 3 is 3.05 bits per heavy atom. The summed E-state index contributed by atoms with van der Waals surface area (Å²) in [6.07, 6.45) is 8.55. The molecule has 1 fully saturated rings. The molecule has 1 aliphatic rings. The first-order chi connectivity index (χ1) is 9.31. The first-order valence-electron chi connectivity index (χ1n) is 6.94. The Balaban J connectivity index is 2.06. The minimum absolute atomic E-state index is 0.359. The molecule has 2 N–H and O–H groups in total. The molecular weight excluding hydrogens is 240 g/mol. The predicted molar refractivity (Wildman–Crippen MR) is 74.2 cm³/mol. The molecule has 0 aromatic carbocycles. The second-order valence-electron chi connectivity index (χ2n) is 5.12. The van der Waals surface area contributed by atoms with E-state index in [9.17, 15) is 0 Å². The fourth-order valence-electron chi connectivity index (χ4n) is 2.83. The van der Waals surface area contributed by atoms with Crippen molar-refractivity contribution >= 4 is 11.5 Å². The third kappa shape index (κ3) is 2.16. The molecule has 0 spiro atoms. The van der Waals surface area contributed by atoms with Gasteiger partial charge in [0.05, 0.1) is 0 Å². The van der Waals surface area contributed by atoms with Gasteiger partial charge in [0.2, 0.25) is 5.65 Å². The molecule has 3 heterocycles. The van der Waals surface area contributed by atoms with Crippen LogP contribution in [-0.2, 0) is 0 Å². The van der Waals surface area contributed by atoms with Crippen molar-refractivity contribution in [1.29, 1.82) is 0 Å². The summed E-state index contributed by atoms with van der Waals surface area (Å²) in [5, 5.41) is 8.40. The number of anilines is 1. The maximum absolute atomic E-state index is 5.94. The number of aryl methyl sites for hydroxylation is 1. The summed E-state index contributed by atoms with van der Waals surface area (Å²) in [6, 6.07) is 0.359. The molecule has 6 nitrogen and oxygen atoms in total. The summed E-state index contributed by atoms with van der Waals surface area (Å²) in [5.41, 5.74) is 6.77. The fourth-order valence-corrected chi connectivity index (χ4v) is 2.83.